The quantitative estimate of drug-likeness (QED) is 0.620. The molecule has 1 rings (SSSR count). The Balaban J connectivity index is 2.75. The van der Waals surface area contributed by atoms with Crippen LogP contribution in [0.4, 0.5) is 13.2 Å². The molecule has 0 radical (unpaired) electrons. The predicted octanol–water partition coefficient (Wildman–Crippen LogP) is 4.30. The summed E-state index contributed by atoms with van der Waals surface area (Å²) < 4.78 is 37.4. The van der Waals surface area contributed by atoms with E-state index in [0.29, 0.717) is 6.42 Å². The largest absolute Gasteiger partial charge is 0.389 e. The van der Waals surface area contributed by atoms with Gasteiger partial charge in [-0.2, -0.15) is 13.2 Å². The van der Waals surface area contributed by atoms with Crippen LogP contribution in [0.1, 0.15) is 42.0 Å². The highest BCUT2D eigenvalue weighted by Crippen LogP contribution is 2.29. The van der Waals surface area contributed by atoms with Crippen molar-refractivity contribution in [2.75, 3.05) is 0 Å². The smallest absolute Gasteiger partial charge is 0.271 e. The second kappa shape index (κ2) is 6.72. The molecule has 1 aromatic rings. The molecule has 1 atom stereocenters. The normalized spacial score (nSPS) is 13.6. The molecule has 108 valence electrons. The van der Waals surface area contributed by atoms with Gasteiger partial charge in [-0.25, -0.2) is 0 Å². The molecule has 19 heavy (non-hydrogen) atoms. The highest BCUT2D eigenvalue weighted by atomic mass is 79.9. The standard InChI is InChI=1S/C13H18BrF3N2/c1-8-6-10(7-9(2)12(8)14)11(19-18)4-3-5-13(15,16)17/h6-7,11,19H,3-5,18H2,1-2H3. The van der Waals surface area contributed by atoms with E-state index in [9.17, 15) is 13.2 Å². The minimum absolute atomic E-state index is 0.0620. The maximum atomic E-state index is 12.1. The summed E-state index contributed by atoms with van der Waals surface area (Å²) in [4.78, 5) is 0. The van der Waals surface area contributed by atoms with Gasteiger partial charge in [-0.3, -0.25) is 11.3 Å². The Labute approximate surface area is 119 Å². The van der Waals surface area contributed by atoms with E-state index >= 15 is 0 Å². The van der Waals surface area contributed by atoms with Gasteiger partial charge in [0.05, 0.1) is 0 Å². The third-order valence-corrected chi connectivity index (χ3v) is 4.27. The fourth-order valence-corrected chi connectivity index (χ4v) is 2.26. The first kappa shape index (κ1) is 16.5. The number of benzene rings is 1. The zero-order valence-corrected chi connectivity index (χ0v) is 12.5. The summed E-state index contributed by atoms with van der Waals surface area (Å²) in [6.45, 7) is 3.90. The summed E-state index contributed by atoms with van der Waals surface area (Å²) in [7, 11) is 0. The number of nitrogens with two attached hydrogens (primary N) is 1. The molecule has 0 aliphatic rings. The molecule has 3 N–H and O–H groups in total. The fourth-order valence-electron chi connectivity index (χ4n) is 2.03. The summed E-state index contributed by atoms with van der Waals surface area (Å²) in [5.41, 5.74) is 5.61. The van der Waals surface area contributed by atoms with Crippen LogP contribution in [0.5, 0.6) is 0 Å². The maximum absolute atomic E-state index is 12.1. The third kappa shape index (κ3) is 5.12. The summed E-state index contributed by atoms with van der Waals surface area (Å²) in [6.07, 6.45) is -4.46. The van der Waals surface area contributed by atoms with Gasteiger partial charge in [0.1, 0.15) is 0 Å². The Bertz CT molecular complexity index is 409. The molecule has 6 heteroatoms. The van der Waals surface area contributed by atoms with Crippen molar-refractivity contribution in [1.82, 2.24) is 5.43 Å². The second-order valence-corrected chi connectivity index (χ2v) is 5.49. The predicted molar refractivity (Wildman–Crippen MR) is 73.6 cm³/mol. The summed E-state index contributed by atoms with van der Waals surface area (Å²) in [6, 6.07) is 3.62. The maximum Gasteiger partial charge on any atom is 0.389 e. The molecule has 0 heterocycles. The Morgan fingerprint density at radius 1 is 1.26 bits per heavy atom. The first-order valence-corrected chi connectivity index (χ1v) is 6.83. The van der Waals surface area contributed by atoms with Gasteiger partial charge in [0, 0.05) is 16.9 Å². The van der Waals surface area contributed by atoms with E-state index in [1.807, 2.05) is 26.0 Å². The van der Waals surface area contributed by atoms with Crippen LogP contribution >= 0.6 is 15.9 Å². The van der Waals surface area contributed by atoms with Crippen molar-refractivity contribution in [3.8, 4) is 0 Å². The molecule has 0 aliphatic heterocycles. The average Bonchev–Trinajstić information content (AvgIpc) is 2.29. The SMILES string of the molecule is Cc1cc(C(CCCC(F)(F)F)NN)cc(C)c1Br. The Morgan fingerprint density at radius 2 is 1.79 bits per heavy atom. The van der Waals surface area contributed by atoms with Crippen LogP contribution in [0.3, 0.4) is 0 Å². The fraction of sp³-hybridized carbons (Fsp3) is 0.538. The number of hydrogen-bond acceptors (Lipinski definition) is 2. The molecule has 1 unspecified atom stereocenters. The molecule has 0 fully saturated rings. The van der Waals surface area contributed by atoms with E-state index in [4.69, 9.17) is 5.84 Å². The Kier molecular flexibility index (Phi) is 5.82. The average molecular weight is 339 g/mol. The third-order valence-electron chi connectivity index (χ3n) is 3.02. The summed E-state index contributed by atoms with van der Waals surface area (Å²) >= 11 is 3.46. The number of rotatable bonds is 5. The van der Waals surface area contributed by atoms with Gasteiger partial charge in [-0.05, 0) is 43.4 Å². The van der Waals surface area contributed by atoms with Crippen molar-refractivity contribution >= 4 is 15.9 Å². The number of alkyl halides is 3. The van der Waals surface area contributed by atoms with Crippen LogP contribution < -0.4 is 11.3 Å². The van der Waals surface area contributed by atoms with Crippen molar-refractivity contribution in [3.63, 3.8) is 0 Å². The Hall–Kier alpha value is -0.590. The van der Waals surface area contributed by atoms with Crippen molar-refractivity contribution in [1.29, 1.82) is 0 Å². The van der Waals surface area contributed by atoms with Crippen molar-refractivity contribution in [2.24, 2.45) is 5.84 Å². The zero-order chi connectivity index (χ0) is 14.6. The van der Waals surface area contributed by atoms with Crippen LogP contribution in [0.25, 0.3) is 0 Å². The lowest BCUT2D eigenvalue weighted by Crippen LogP contribution is -2.28. The number of hydrazine groups is 1. The number of halogens is 4. The molecule has 0 saturated heterocycles. The second-order valence-electron chi connectivity index (χ2n) is 4.70. The molecule has 0 aliphatic carbocycles. The van der Waals surface area contributed by atoms with Crippen molar-refractivity contribution in [3.05, 3.63) is 33.3 Å². The van der Waals surface area contributed by atoms with Crippen LogP contribution in [0.15, 0.2) is 16.6 Å². The van der Waals surface area contributed by atoms with Gasteiger partial charge in [0.2, 0.25) is 0 Å². The van der Waals surface area contributed by atoms with Gasteiger partial charge >= 0.3 is 6.18 Å². The molecular weight excluding hydrogens is 321 g/mol. The zero-order valence-electron chi connectivity index (χ0n) is 10.9. The lowest BCUT2D eigenvalue weighted by atomic mass is 9.98. The van der Waals surface area contributed by atoms with Crippen LogP contribution in [0.2, 0.25) is 0 Å². The molecule has 0 aromatic heterocycles. The molecule has 1 aromatic carbocycles. The molecule has 0 saturated carbocycles. The van der Waals surface area contributed by atoms with Crippen molar-refractivity contribution < 1.29 is 13.2 Å². The van der Waals surface area contributed by atoms with Gasteiger partial charge in [-0.1, -0.05) is 28.1 Å². The van der Waals surface area contributed by atoms with Gasteiger partial charge in [-0.15, -0.1) is 0 Å². The van der Waals surface area contributed by atoms with Gasteiger partial charge < -0.3 is 0 Å². The molecule has 0 bridgehead atoms. The number of aryl methyl sites for hydroxylation is 2. The minimum atomic E-state index is -4.11. The van der Waals surface area contributed by atoms with E-state index in [2.05, 4.69) is 21.4 Å². The molecular formula is C13H18BrF3N2. The van der Waals surface area contributed by atoms with E-state index < -0.39 is 12.6 Å². The van der Waals surface area contributed by atoms with E-state index in [1.165, 1.54) is 0 Å². The number of hydrogen-bond donors (Lipinski definition) is 2. The van der Waals surface area contributed by atoms with E-state index in [0.717, 1.165) is 21.2 Å². The highest BCUT2D eigenvalue weighted by molar-refractivity contribution is 9.10. The topological polar surface area (TPSA) is 38.0 Å². The molecule has 2 nitrogen and oxygen atoms in total. The first-order valence-electron chi connectivity index (χ1n) is 6.04. The van der Waals surface area contributed by atoms with E-state index in [-0.39, 0.29) is 12.5 Å². The Morgan fingerprint density at radius 3 is 2.21 bits per heavy atom. The number of nitrogens with one attached hydrogen (secondary N) is 1. The monoisotopic (exact) mass is 338 g/mol. The van der Waals surface area contributed by atoms with Crippen LogP contribution in [-0.4, -0.2) is 6.18 Å². The summed E-state index contributed by atoms with van der Waals surface area (Å²) in [5, 5.41) is 0. The van der Waals surface area contributed by atoms with Crippen LogP contribution in [-0.2, 0) is 0 Å². The highest BCUT2D eigenvalue weighted by Gasteiger charge is 2.26. The van der Waals surface area contributed by atoms with Gasteiger partial charge in [0.15, 0.2) is 0 Å². The van der Waals surface area contributed by atoms with E-state index in [1.54, 1.807) is 0 Å². The van der Waals surface area contributed by atoms with Crippen molar-refractivity contribution in [2.45, 2.75) is 45.3 Å². The summed E-state index contributed by atoms with van der Waals surface area (Å²) in [5.74, 6) is 5.45. The minimum Gasteiger partial charge on any atom is -0.271 e. The lowest BCUT2D eigenvalue weighted by molar-refractivity contribution is -0.135. The van der Waals surface area contributed by atoms with Gasteiger partial charge in [0.25, 0.3) is 0 Å². The first-order chi connectivity index (χ1) is 8.74. The van der Waals surface area contributed by atoms with Crippen LogP contribution in [0, 0.1) is 13.8 Å². The molecule has 0 spiro atoms. The lowest BCUT2D eigenvalue weighted by Gasteiger charge is -2.19. The molecule has 0 amide bonds.